The van der Waals surface area contributed by atoms with E-state index in [0.29, 0.717) is 16.5 Å². The maximum atomic E-state index is 12.9. The van der Waals surface area contributed by atoms with Gasteiger partial charge in [-0.1, -0.05) is 17.3 Å². The van der Waals surface area contributed by atoms with Crippen LogP contribution in [0.3, 0.4) is 0 Å². The first kappa shape index (κ1) is 17.6. The van der Waals surface area contributed by atoms with Gasteiger partial charge in [0, 0.05) is 30.1 Å². The third kappa shape index (κ3) is 3.30. The van der Waals surface area contributed by atoms with Crippen LogP contribution in [0.5, 0.6) is 0 Å². The number of ether oxygens (including phenoxy) is 1. The van der Waals surface area contributed by atoms with Crippen LogP contribution < -0.4 is 5.56 Å². The van der Waals surface area contributed by atoms with Crippen LogP contribution in [0.4, 0.5) is 0 Å². The lowest BCUT2D eigenvalue weighted by Crippen LogP contribution is -2.28. The van der Waals surface area contributed by atoms with Crippen molar-refractivity contribution in [2.24, 2.45) is 0 Å². The first-order chi connectivity index (χ1) is 13.0. The average Bonchev–Trinajstić information content (AvgIpc) is 3.28. The Balaban J connectivity index is 1.60. The normalized spacial score (nSPS) is 16.9. The van der Waals surface area contributed by atoms with Gasteiger partial charge in [0.15, 0.2) is 5.78 Å². The maximum Gasteiger partial charge on any atom is 0.278 e. The van der Waals surface area contributed by atoms with Gasteiger partial charge >= 0.3 is 0 Å². The molecule has 1 atom stereocenters. The SMILES string of the molecule is Cc1cc(C(=O)Cn2nnc3ccccc3c2=O)c(C)n1C[C@H]1CCCO1. The smallest absolute Gasteiger partial charge is 0.278 e. The van der Waals surface area contributed by atoms with Crippen molar-refractivity contribution in [3.63, 3.8) is 0 Å². The average molecular weight is 366 g/mol. The van der Waals surface area contributed by atoms with E-state index >= 15 is 0 Å². The van der Waals surface area contributed by atoms with Crippen LogP contribution in [0.25, 0.3) is 10.9 Å². The lowest BCUT2D eigenvalue weighted by atomic mass is 10.1. The fraction of sp³-hybridized carbons (Fsp3) is 0.400. The van der Waals surface area contributed by atoms with E-state index in [1.54, 1.807) is 24.3 Å². The predicted molar refractivity (Wildman–Crippen MR) is 101 cm³/mol. The van der Waals surface area contributed by atoms with Crippen molar-refractivity contribution >= 4 is 16.7 Å². The third-order valence-electron chi connectivity index (χ3n) is 5.21. The number of hydrogen-bond acceptors (Lipinski definition) is 5. The highest BCUT2D eigenvalue weighted by Crippen LogP contribution is 2.21. The maximum absolute atomic E-state index is 12.9. The minimum Gasteiger partial charge on any atom is -0.376 e. The molecular weight excluding hydrogens is 344 g/mol. The largest absolute Gasteiger partial charge is 0.376 e. The van der Waals surface area contributed by atoms with Crippen LogP contribution >= 0.6 is 0 Å². The van der Waals surface area contributed by atoms with Crippen LogP contribution in [-0.4, -0.2) is 38.1 Å². The van der Waals surface area contributed by atoms with Gasteiger partial charge in [-0.3, -0.25) is 9.59 Å². The highest BCUT2D eigenvalue weighted by Gasteiger charge is 2.21. The summed E-state index contributed by atoms with van der Waals surface area (Å²) >= 11 is 0. The number of aryl methyl sites for hydroxylation is 1. The van der Waals surface area contributed by atoms with Gasteiger partial charge in [0.25, 0.3) is 5.56 Å². The summed E-state index contributed by atoms with van der Waals surface area (Å²) in [5.41, 5.74) is 2.76. The highest BCUT2D eigenvalue weighted by atomic mass is 16.5. The quantitative estimate of drug-likeness (QED) is 0.647. The molecule has 0 N–H and O–H groups in total. The van der Waals surface area contributed by atoms with E-state index in [1.165, 1.54) is 0 Å². The van der Waals surface area contributed by atoms with E-state index in [0.717, 1.165) is 42.1 Å². The Morgan fingerprint density at radius 1 is 1.30 bits per heavy atom. The number of hydrogen-bond donors (Lipinski definition) is 0. The van der Waals surface area contributed by atoms with Gasteiger partial charge in [-0.15, -0.1) is 5.10 Å². The second-order valence-electron chi connectivity index (χ2n) is 7.02. The first-order valence-electron chi connectivity index (χ1n) is 9.18. The standard InChI is InChI=1S/C20H22N4O3/c1-13-10-17(14(2)23(13)11-15-6-5-9-27-15)19(25)12-24-20(26)16-7-3-4-8-18(16)21-22-24/h3-4,7-8,10,15H,5-6,9,11-12H2,1-2H3/t15-/m1/s1. The zero-order valence-corrected chi connectivity index (χ0v) is 15.5. The topological polar surface area (TPSA) is 79.0 Å². The minimum absolute atomic E-state index is 0.124. The van der Waals surface area contributed by atoms with Crippen molar-refractivity contribution in [2.45, 2.75) is 45.9 Å². The van der Waals surface area contributed by atoms with Gasteiger partial charge in [0.1, 0.15) is 12.1 Å². The molecule has 1 saturated heterocycles. The number of carbonyl (C=O) groups excluding carboxylic acids is 1. The van der Waals surface area contributed by atoms with Gasteiger partial charge < -0.3 is 9.30 Å². The second kappa shape index (κ2) is 7.08. The number of aromatic nitrogens is 4. The summed E-state index contributed by atoms with van der Waals surface area (Å²) in [6.07, 6.45) is 2.33. The fourth-order valence-corrected chi connectivity index (χ4v) is 3.70. The van der Waals surface area contributed by atoms with Crippen molar-refractivity contribution in [1.82, 2.24) is 19.6 Å². The van der Waals surface area contributed by atoms with Gasteiger partial charge in [0.2, 0.25) is 0 Å². The summed E-state index contributed by atoms with van der Waals surface area (Å²) in [5, 5.41) is 8.42. The van der Waals surface area contributed by atoms with Crippen LogP contribution in [0, 0.1) is 13.8 Å². The molecule has 0 unspecified atom stereocenters. The molecule has 3 heterocycles. The molecule has 1 fully saturated rings. The van der Waals surface area contributed by atoms with E-state index in [4.69, 9.17) is 4.74 Å². The van der Waals surface area contributed by atoms with Crippen LogP contribution in [0.1, 0.15) is 34.6 Å². The molecule has 3 aromatic rings. The summed E-state index contributed by atoms with van der Waals surface area (Å²) in [6, 6.07) is 8.88. The molecule has 4 rings (SSSR count). The minimum atomic E-state index is -0.304. The second-order valence-corrected chi connectivity index (χ2v) is 7.02. The van der Waals surface area contributed by atoms with Crippen molar-refractivity contribution in [1.29, 1.82) is 0 Å². The molecule has 7 heteroatoms. The first-order valence-corrected chi connectivity index (χ1v) is 9.18. The van der Waals surface area contributed by atoms with Crippen molar-refractivity contribution in [3.8, 4) is 0 Å². The molecule has 2 aromatic heterocycles. The Hall–Kier alpha value is -2.80. The van der Waals surface area contributed by atoms with E-state index in [2.05, 4.69) is 14.9 Å². The molecular formula is C20H22N4O3. The number of Topliss-reactive ketones (excluding diaryl/α,β-unsaturated/α-hetero) is 1. The zero-order chi connectivity index (χ0) is 19.0. The fourth-order valence-electron chi connectivity index (χ4n) is 3.70. The molecule has 7 nitrogen and oxygen atoms in total. The predicted octanol–water partition coefficient (Wildman–Crippen LogP) is 2.27. The summed E-state index contributed by atoms with van der Waals surface area (Å²) in [5.74, 6) is -0.145. The number of rotatable bonds is 5. The number of benzene rings is 1. The molecule has 1 aliphatic rings. The van der Waals surface area contributed by atoms with Crippen LogP contribution in [0.15, 0.2) is 35.1 Å². The Labute approximate surface area is 156 Å². The van der Waals surface area contributed by atoms with Crippen molar-refractivity contribution < 1.29 is 9.53 Å². The van der Waals surface area contributed by atoms with E-state index < -0.39 is 0 Å². The molecule has 0 amide bonds. The van der Waals surface area contributed by atoms with Gasteiger partial charge in [-0.2, -0.15) is 0 Å². The Morgan fingerprint density at radius 3 is 2.89 bits per heavy atom. The number of carbonyl (C=O) groups is 1. The van der Waals surface area contributed by atoms with Gasteiger partial charge in [-0.25, -0.2) is 4.68 Å². The highest BCUT2D eigenvalue weighted by molar-refractivity contribution is 5.97. The molecule has 27 heavy (non-hydrogen) atoms. The third-order valence-corrected chi connectivity index (χ3v) is 5.21. The lowest BCUT2D eigenvalue weighted by Gasteiger charge is -2.14. The zero-order valence-electron chi connectivity index (χ0n) is 15.5. The summed E-state index contributed by atoms with van der Waals surface area (Å²) in [7, 11) is 0. The summed E-state index contributed by atoms with van der Waals surface area (Å²) in [6.45, 7) is 5.35. The van der Waals surface area contributed by atoms with Crippen molar-refractivity contribution in [3.05, 3.63) is 57.6 Å². The van der Waals surface area contributed by atoms with Crippen LogP contribution in [-0.2, 0) is 17.8 Å². The summed E-state index contributed by atoms with van der Waals surface area (Å²) < 4.78 is 8.98. The van der Waals surface area contributed by atoms with Crippen LogP contribution in [0.2, 0.25) is 0 Å². The van der Waals surface area contributed by atoms with Crippen molar-refractivity contribution in [2.75, 3.05) is 6.61 Å². The molecule has 1 aliphatic heterocycles. The molecule has 0 radical (unpaired) electrons. The molecule has 0 bridgehead atoms. The monoisotopic (exact) mass is 366 g/mol. The number of nitrogens with zero attached hydrogens (tertiary/aromatic N) is 4. The molecule has 0 aliphatic carbocycles. The van der Waals surface area contributed by atoms with E-state index in [9.17, 15) is 9.59 Å². The Bertz CT molecular complexity index is 1060. The van der Waals surface area contributed by atoms with E-state index in [1.807, 2.05) is 19.9 Å². The lowest BCUT2D eigenvalue weighted by molar-refractivity contribution is 0.0945. The van der Waals surface area contributed by atoms with E-state index in [-0.39, 0.29) is 24.0 Å². The number of ketones is 1. The van der Waals surface area contributed by atoms with Gasteiger partial charge in [-0.05, 0) is 44.9 Å². The molecule has 0 saturated carbocycles. The summed E-state index contributed by atoms with van der Waals surface area (Å²) in [4.78, 5) is 25.4. The molecule has 140 valence electrons. The Morgan fingerprint density at radius 2 is 2.11 bits per heavy atom. The number of fused-ring (bicyclic) bond motifs is 1. The Kier molecular flexibility index (Phi) is 4.61. The van der Waals surface area contributed by atoms with Gasteiger partial charge in [0.05, 0.1) is 11.5 Å². The molecule has 1 aromatic carbocycles. The molecule has 0 spiro atoms.